The van der Waals surface area contributed by atoms with E-state index < -0.39 is 56.8 Å². The number of aromatic nitrogens is 4. The van der Waals surface area contributed by atoms with Crippen LogP contribution in [0.15, 0.2) is 25.3 Å². The summed E-state index contributed by atoms with van der Waals surface area (Å²) in [6.07, 6.45) is -7.00. The molecule has 1 aliphatic rings. The van der Waals surface area contributed by atoms with Crippen LogP contribution in [0.25, 0.3) is 11.2 Å². The number of hydrogen-bond donors (Lipinski definition) is 6. The molecule has 3 heterocycles. The number of rotatable bonds is 8. The number of carbonyl (C=O) groups is 1. The van der Waals surface area contributed by atoms with Crippen molar-refractivity contribution in [3.63, 3.8) is 0 Å². The number of ketones is 1. The van der Waals surface area contributed by atoms with Crippen molar-refractivity contribution in [3.8, 4) is 0 Å². The van der Waals surface area contributed by atoms with E-state index >= 15 is 0 Å². The first-order valence-corrected chi connectivity index (χ1v) is 10.1. The van der Waals surface area contributed by atoms with Gasteiger partial charge in [0.25, 0.3) is 0 Å². The van der Waals surface area contributed by atoms with Crippen LogP contribution in [-0.2, 0) is 18.6 Å². The minimum Gasteiger partial charge on any atom is -0.389 e. The van der Waals surface area contributed by atoms with Crippen LogP contribution in [-0.4, -0.2) is 80.9 Å². The summed E-state index contributed by atoms with van der Waals surface area (Å²) in [4.78, 5) is 42.6. The molecule has 2 unspecified atom stereocenters. The van der Waals surface area contributed by atoms with Crippen LogP contribution in [0.1, 0.15) is 12.6 Å². The van der Waals surface area contributed by atoms with E-state index in [0.29, 0.717) is 0 Å². The second-order valence-corrected chi connectivity index (χ2v) is 7.74. The molecule has 1 saturated heterocycles. The molecule has 0 bridgehead atoms. The molecule has 0 saturated carbocycles. The highest BCUT2D eigenvalue weighted by atomic mass is 31.2. The van der Waals surface area contributed by atoms with E-state index in [0.717, 1.165) is 12.4 Å². The highest BCUT2D eigenvalue weighted by molar-refractivity contribution is 7.46. The van der Waals surface area contributed by atoms with Crippen LogP contribution in [0.2, 0.25) is 0 Å². The fourth-order valence-electron chi connectivity index (χ4n) is 3.08. The molecule has 0 radical (unpaired) electrons. The average molecular weight is 445 g/mol. The van der Waals surface area contributed by atoms with Gasteiger partial charge in [0.05, 0.1) is 12.4 Å². The number of nitrogens with zero attached hydrogens (tertiary/aromatic N) is 4. The van der Waals surface area contributed by atoms with Gasteiger partial charge in [0.15, 0.2) is 29.6 Å². The predicted octanol–water partition coefficient (Wildman–Crippen LogP) is -1.99. The third-order valence-electron chi connectivity index (χ3n) is 4.49. The third-order valence-corrected chi connectivity index (χ3v) is 4.99. The highest BCUT2D eigenvalue weighted by Gasteiger charge is 2.51. The number of aliphatic hydroxyl groups is 3. The topological polar surface area (TPSA) is 223 Å². The largest absolute Gasteiger partial charge is 0.470 e. The molecular formula is C15H20N5O9P. The first kappa shape index (κ1) is 22.4. The van der Waals surface area contributed by atoms with Crippen molar-refractivity contribution < 1.29 is 43.7 Å². The summed E-state index contributed by atoms with van der Waals surface area (Å²) in [5.41, 5.74) is 6.06. The van der Waals surface area contributed by atoms with Crippen LogP contribution in [0.5, 0.6) is 0 Å². The van der Waals surface area contributed by atoms with Crippen LogP contribution >= 0.6 is 7.82 Å². The summed E-state index contributed by atoms with van der Waals surface area (Å²) in [6.45, 7) is 3.30. The molecule has 14 nitrogen and oxygen atoms in total. The fraction of sp³-hybridized carbons (Fsp3) is 0.467. The summed E-state index contributed by atoms with van der Waals surface area (Å²) in [7, 11) is -5.21. The Balaban J connectivity index is 1.93. The molecule has 3 rings (SSSR count). The van der Waals surface area contributed by atoms with Crippen LogP contribution in [0, 0.1) is 0 Å². The Morgan fingerprint density at radius 3 is 2.70 bits per heavy atom. The average Bonchev–Trinajstić information content (AvgIpc) is 3.22. The zero-order valence-corrected chi connectivity index (χ0v) is 16.2. The van der Waals surface area contributed by atoms with Gasteiger partial charge in [-0.3, -0.25) is 13.9 Å². The highest BCUT2D eigenvalue weighted by Crippen LogP contribution is 2.42. The minimum atomic E-state index is -5.21. The van der Waals surface area contributed by atoms with Gasteiger partial charge in [-0.15, -0.1) is 6.58 Å². The first-order valence-electron chi connectivity index (χ1n) is 8.55. The lowest BCUT2D eigenvalue weighted by molar-refractivity contribution is -0.141. The quantitative estimate of drug-likeness (QED) is 0.191. The van der Waals surface area contributed by atoms with E-state index in [9.17, 15) is 34.5 Å². The van der Waals surface area contributed by atoms with Crippen LogP contribution in [0.3, 0.4) is 0 Å². The number of nitrogens with two attached hydrogens (primary N) is 1. The monoisotopic (exact) mass is 445 g/mol. The summed E-state index contributed by atoms with van der Waals surface area (Å²) in [6, 6.07) is 0. The molecule has 164 valence electrons. The number of fused-ring (bicyclic) bond motifs is 1. The molecular weight excluding hydrogens is 425 g/mol. The van der Waals surface area contributed by atoms with E-state index in [4.69, 9.17) is 10.5 Å². The molecule has 7 N–H and O–H groups in total. The number of imidazole rings is 1. The number of phosphoric ester groups is 1. The second-order valence-electron chi connectivity index (χ2n) is 6.55. The van der Waals surface area contributed by atoms with Gasteiger partial charge in [-0.05, 0) is 0 Å². The second kappa shape index (κ2) is 8.45. The van der Waals surface area contributed by atoms with Gasteiger partial charge in [-0.25, -0.2) is 19.5 Å². The smallest absolute Gasteiger partial charge is 0.389 e. The Labute approximate surface area is 168 Å². The van der Waals surface area contributed by atoms with Crippen molar-refractivity contribution in [1.82, 2.24) is 19.5 Å². The minimum absolute atomic E-state index is 0.0552. The maximum absolute atomic E-state index is 12.5. The van der Waals surface area contributed by atoms with Gasteiger partial charge in [0, 0.05) is 6.42 Å². The number of phosphoric acid groups is 1. The van der Waals surface area contributed by atoms with Gasteiger partial charge < -0.3 is 35.6 Å². The zero-order valence-electron chi connectivity index (χ0n) is 15.3. The van der Waals surface area contributed by atoms with Gasteiger partial charge in [0.2, 0.25) is 0 Å². The molecule has 30 heavy (non-hydrogen) atoms. The van der Waals surface area contributed by atoms with Crippen molar-refractivity contribution in [2.45, 2.75) is 43.2 Å². The molecule has 1 aliphatic heterocycles. The predicted molar refractivity (Wildman–Crippen MR) is 98.4 cm³/mol. The molecule has 6 atom stereocenters. The standard InChI is InChI=1S/C15H20N5O9P/c1-2-6(21)3-7(22)11(29-30(25,26)27)12-9(23)10(24)15(28-12)20-5-19-8-13(16)17-4-18-14(8)20/h2,4-6,9-12,15,21,23-24H,1,3H2,(H2,16,17,18)(H2,25,26,27)/t6?,9-,10+,11?,12-,15+/m0/s1. The normalized spacial score (nSPS) is 26.6. The lowest BCUT2D eigenvalue weighted by Crippen LogP contribution is -2.44. The Hall–Kier alpha value is -2.29. The van der Waals surface area contributed by atoms with E-state index in [1.54, 1.807) is 0 Å². The van der Waals surface area contributed by atoms with Crippen LogP contribution in [0.4, 0.5) is 5.82 Å². The summed E-state index contributed by atoms with van der Waals surface area (Å²) < 4.78 is 22.7. The number of Topliss-reactive ketones (excluding diaryl/α,β-unsaturated/α-hetero) is 1. The van der Waals surface area contributed by atoms with Gasteiger partial charge >= 0.3 is 7.82 Å². The lowest BCUT2D eigenvalue weighted by Gasteiger charge is -2.25. The zero-order chi connectivity index (χ0) is 22.2. The van der Waals surface area contributed by atoms with E-state index in [-0.39, 0.29) is 17.0 Å². The Kier molecular flexibility index (Phi) is 6.31. The number of carbonyl (C=O) groups excluding carboxylic acids is 1. The molecule has 0 spiro atoms. The maximum atomic E-state index is 12.5. The molecule has 0 aliphatic carbocycles. The van der Waals surface area contributed by atoms with E-state index in [1.807, 2.05) is 0 Å². The number of ether oxygens (including phenoxy) is 1. The Morgan fingerprint density at radius 2 is 2.07 bits per heavy atom. The molecule has 1 fully saturated rings. The number of nitrogen functional groups attached to an aromatic ring is 1. The molecule has 2 aromatic heterocycles. The van der Waals surface area contributed by atoms with Crippen molar-refractivity contribution in [2.24, 2.45) is 0 Å². The first-order chi connectivity index (χ1) is 14.0. The Morgan fingerprint density at radius 1 is 1.37 bits per heavy atom. The van der Waals surface area contributed by atoms with Crippen LogP contribution < -0.4 is 5.73 Å². The SMILES string of the molecule is C=CC(O)CC(=O)C(OP(=O)(O)O)[C@H]1O[C@@H](n2cnc3c(N)ncnc32)[C@H](O)[C@@H]1O. The number of aliphatic hydroxyl groups excluding tert-OH is 3. The van der Waals surface area contributed by atoms with Crippen molar-refractivity contribution in [3.05, 3.63) is 25.3 Å². The van der Waals surface area contributed by atoms with Crippen molar-refractivity contribution in [2.75, 3.05) is 5.73 Å². The van der Waals surface area contributed by atoms with E-state index in [1.165, 1.54) is 10.9 Å². The molecule has 15 heteroatoms. The molecule has 2 aromatic rings. The number of hydrogen-bond acceptors (Lipinski definition) is 11. The maximum Gasteiger partial charge on any atom is 0.470 e. The third kappa shape index (κ3) is 4.40. The number of anilines is 1. The summed E-state index contributed by atoms with van der Waals surface area (Å²) in [5.74, 6) is -0.927. The molecule has 0 aromatic carbocycles. The van der Waals surface area contributed by atoms with Gasteiger partial charge in [0.1, 0.15) is 30.2 Å². The summed E-state index contributed by atoms with van der Waals surface area (Å²) in [5, 5.41) is 30.5. The fourth-order valence-corrected chi connectivity index (χ4v) is 3.61. The van der Waals surface area contributed by atoms with Crippen molar-refractivity contribution in [1.29, 1.82) is 0 Å². The summed E-state index contributed by atoms with van der Waals surface area (Å²) >= 11 is 0. The lowest BCUT2D eigenvalue weighted by atomic mass is 9.99. The van der Waals surface area contributed by atoms with E-state index in [2.05, 4.69) is 26.1 Å². The van der Waals surface area contributed by atoms with Crippen molar-refractivity contribution >= 4 is 30.6 Å². The van der Waals surface area contributed by atoms with Gasteiger partial charge in [-0.2, -0.15) is 0 Å². The molecule has 0 amide bonds. The van der Waals surface area contributed by atoms with Gasteiger partial charge in [-0.1, -0.05) is 6.08 Å². The Bertz CT molecular complexity index is 994.